The number of aromatic nitrogens is 1. The Bertz CT molecular complexity index is 567. The lowest BCUT2D eigenvalue weighted by atomic mass is 10.1. The van der Waals surface area contributed by atoms with Crippen LogP contribution in [0.2, 0.25) is 0 Å². The van der Waals surface area contributed by atoms with Crippen molar-refractivity contribution in [3.63, 3.8) is 0 Å². The molecule has 18 heavy (non-hydrogen) atoms. The molecule has 4 nitrogen and oxygen atoms in total. The van der Waals surface area contributed by atoms with Crippen LogP contribution in [0, 0.1) is 6.92 Å². The van der Waals surface area contributed by atoms with Gasteiger partial charge in [0.25, 0.3) is 0 Å². The van der Waals surface area contributed by atoms with Crippen LogP contribution in [-0.4, -0.2) is 23.3 Å². The standard InChI is InChI=1S/C13H13NO3S/c1-8-13(18-7-14-8)12(15)9-2-3-10-11(6-9)17-5-4-16-10/h2-3,6-7,12,15H,4-5H2,1H3. The normalized spacial score (nSPS) is 15.4. The number of aliphatic hydroxyl groups is 1. The Morgan fingerprint density at radius 1 is 1.28 bits per heavy atom. The van der Waals surface area contributed by atoms with Gasteiger partial charge in [-0.05, 0) is 24.6 Å². The van der Waals surface area contributed by atoms with E-state index in [-0.39, 0.29) is 0 Å². The first-order chi connectivity index (χ1) is 8.75. The van der Waals surface area contributed by atoms with Crippen LogP contribution in [0.5, 0.6) is 11.5 Å². The molecular formula is C13H13NO3S. The van der Waals surface area contributed by atoms with Crippen molar-refractivity contribution in [2.45, 2.75) is 13.0 Å². The number of aryl methyl sites for hydroxylation is 1. The fraction of sp³-hybridized carbons (Fsp3) is 0.308. The first-order valence-corrected chi connectivity index (χ1v) is 6.61. The van der Waals surface area contributed by atoms with Gasteiger partial charge >= 0.3 is 0 Å². The average molecular weight is 263 g/mol. The van der Waals surface area contributed by atoms with Crippen molar-refractivity contribution in [2.75, 3.05) is 13.2 Å². The van der Waals surface area contributed by atoms with Gasteiger partial charge in [-0.1, -0.05) is 6.07 Å². The summed E-state index contributed by atoms with van der Waals surface area (Å²) in [4.78, 5) is 5.02. The summed E-state index contributed by atoms with van der Waals surface area (Å²) in [6.07, 6.45) is -0.659. The van der Waals surface area contributed by atoms with Crippen LogP contribution in [0.3, 0.4) is 0 Å². The highest BCUT2D eigenvalue weighted by Gasteiger charge is 2.19. The molecule has 3 rings (SSSR count). The SMILES string of the molecule is Cc1ncsc1C(O)c1ccc2c(c1)OCCO2. The Kier molecular flexibility index (Phi) is 2.93. The molecule has 0 spiro atoms. The minimum atomic E-state index is -0.659. The topological polar surface area (TPSA) is 51.6 Å². The quantitative estimate of drug-likeness (QED) is 0.903. The van der Waals surface area contributed by atoms with E-state index in [9.17, 15) is 5.11 Å². The van der Waals surface area contributed by atoms with Gasteiger partial charge < -0.3 is 14.6 Å². The molecule has 2 aromatic rings. The highest BCUT2D eigenvalue weighted by Crippen LogP contribution is 2.35. The van der Waals surface area contributed by atoms with Crippen molar-refractivity contribution < 1.29 is 14.6 Å². The number of nitrogens with zero attached hydrogens (tertiary/aromatic N) is 1. The lowest BCUT2D eigenvalue weighted by Gasteiger charge is -2.20. The summed E-state index contributed by atoms with van der Waals surface area (Å²) in [6, 6.07) is 5.53. The summed E-state index contributed by atoms with van der Waals surface area (Å²) < 4.78 is 11.0. The van der Waals surface area contributed by atoms with Crippen molar-refractivity contribution in [1.29, 1.82) is 0 Å². The smallest absolute Gasteiger partial charge is 0.161 e. The summed E-state index contributed by atoms with van der Waals surface area (Å²) in [5.74, 6) is 1.43. The van der Waals surface area contributed by atoms with Crippen LogP contribution in [-0.2, 0) is 0 Å². The molecule has 2 heterocycles. The highest BCUT2D eigenvalue weighted by atomic mass is 32.1. The van der Waals surface area contributed by atoms with Crippen LogP contribution in [0.15, 0.2) is 23.7 Å². The van der Waals surface area contributed by atoms with Crippen LogP contribution < -0.4 is 9.47 Å². The van der Waals surface area contributed by atoms with Crippen molar-refractivity contribution in [1.82, 2.24) is 4.98 Å². The van der Waals surface area contributed by atoms with Gasteiger partial charge in [-0.3, -0.25) is 0 Å². The van der Waals surface area contributed by atoms with Gasteiger partial charge in [0.1, 0.15) is 19.3 Å². The van der Waals surface area contributed by atoms with Crippen molar-refractivity contribution >= 4 is 11.3 Å². The maximum absolute atomic E-state index is 10.3. The van der Waals surface area contributed by atoms with Gasteiger partial charge in [0, 0.05) is 0 Å². The van der Waals surface area contributed by atoms with Gasteiger partial charge in [-0.25, -0.2) is 4.98 Å². The minimum absolute atomic E-state index is 0.548. The molecule has 0 saturated carbocycles. The van der Waals surface area contributed by atoms with Crippen LogP contribution >= 0.6 is 11.3 Å². The molecule has 5 heteroatoms. The van der Waals surface area contributed by atoms with E-state index >= 15 is 0 Å². The third kappa shape index (κ3) is 1.95. The van der Waals surface area contributed by atoms with Gasteiger partial charge in [0.2, 0.25) is 0 Å². The molecule has 1 aromatic heterocycles. The highest BCUT2D eigenvalue weighted by molar-refractivity contribution is 7.09. The van der Waals surface area contributed by atoms with Gasteiger partial charge in [-0.2, -0.15) is 0 Å². The number of aliphatic hydroxyl groups excluding tert-OH is 1. The first-order valence-electron chi connectivity index (χ1n) is 5.73. The molecule has 1 atom stereocenters. The Morgan fingerprint density at radius 2 is 2.06 bits per heavy atom. The van der Waals surface area contributed by atoms with E-state index < -0.39 is 6.10 Å². The molecule has 0 saturated heterocycles. The van der Waals surface area contributed by atoms with Gasteiger partial charge in [0.05, 0.1) is 16.1 Å². The third-order valence-electron chi connectivity index (χ3n) is 2.91. The summed E-state index contributed by atoms with van der Waals surface area (Å²) in [7, 11) is 0. The maximum Gasteiger partial charge on any atom is 0.161 e. The summed E-state index contributed by atoms with van der Waals surface area (Å²) in [5, 5.41) is 10.3. The lowest BCUT2D eigenvalue weighted by molar-refractivity contribution is 0.170. The number of hydrogen-bond donors (Lipinski definition) is 1. The molecule has 1 aliphatic rings. The molecular weight excluding hydrogens is 250 g/mol. The molecule has 1 N–H and O–H groups in total. The Balaban J connectivity index is 1.95. The second-order valence-corrected chi connectivity index (χ2v) is 4.99. The summed E-state index contributed by atoms with van der Waals surface area (Å²) in [5.41, 5.74) is 3.40. The molecule has 1 aromatic carbocycles. The number of ether oxygens (including phenoxy) is 2. The molecule has 0 aliphatic carbocycles. The van der Waals surface area contributed by atoms with E-state index in [1.165, 1.54) is 11.3 Å². The minimum Gasteiger partial charge on any atom is -0.486 e. The largest absolute Gasteiger partial charge is 0.486 e. The fourth-order valence-electron chi connectivity index (χ4n) is 1.95. The Morgan fingerprint density at radius 3 is 2.78 bits per heavy atom. The molecule has 0 bridgehead atoms. The Labute approximate surface area is 109 Å². The molecule has 94 valence electrons. The van der Waals surface area contributed by atoms with Gasteiger partial charge in [0.15, 0.2) is 11.5 Å². The van der Waals surface area contributed by atoms with E-state index in [2.05, 4.69) is 4.98 Å². The van der Waals surface area contributed by atoms with Crippen molar-refractivity contribution in [2.24, 2.45) is 0 Å². The van der Waals surface area contributed by atoms with Crippen LogP contribution in [0.4, 0.5) is 0 Å². The van der Waals surface area contributed by atoms with E-state index in [0.717, 1.165) is 21.9 Å². The van der Waals surface area contributed by atoms with E-state index in [4.69, 9.17) is 9.47 Å². The molecule has 1 unspecified atom stereocenters. The monoisotopic (exact) mass is 263 g/mol. The second kappa shape index (κ2) is 4.59. The molecule has 0 amide bonds. The predicted octanol–water partition coefficient (Wildman–Crippen LogP) is 2.30. The van der Waals surface area contributed by atoms with Crippen LogP contribution in [0.1, 0.15) is 22.2 Å². The molecule has 0 fully saturated rings. The summed E-state index contributed by atoms with van der Waals surface area (Å²) in [6.45, 7) is 3.02. The number of fused-ring (bicyclic) bond motifs is 1. The maximum atomic E-state index is 10.3. The molecule has 0 radical (unpaired) electrons. The number of benzene rings is 1. The number of rotatable bonds is 2. The first kappa shape index (κ1) is 11.5. The van der Waals surface area contributed by atoms with Gasteiger partial charge in [-0.15, -0.1) is 11.3 Å². The zero-order valence-electron chi connectivity index (χ0n) is 9.92. The van der Waals surface area contributed by atoms with Crippen molar-refractivity contribution in [3.05, 3.63) is 39.8 Å². The van der Waals surface area contributed by atoms with E-state index in [0.29, 0.717) is 19.0 Å². The van der Waals surface area contributed by atoms with E-state index in [1.807, 2.05) is 25.1 Å². The Hall–Kier alpha value is -1.59. The van der Waals surface area contributed by atoms with Crippen molar-refractivity contribution in [3.8, 4) is 11.5 Å². The number of hydrogen-bond acceptors (Lipinski definition) is 5. The predicted molar refractivity (Wildman–Crippen MR) is 68.3 cm³/mol. The zero-order chi connectivity index (χ0) is 12.5. The second-order valence-electron chi connectivity index (χ2n) is 4.11. The van der Waals surface area contributed by atoms with Crippen LogP contribution in [0.25, 0.3) is 0 Å². The molecule has 1 aliphatic heterocycles. The average Bonchev–Trinajstić information content (AvgIpc) is 2.83. The fourth-order valence-corrected chi connectivity index (χ4v) is 2.77. The summed E-state index contributed by atoms with van der Waals surface area (Å²) >= 11 is 1.46. The zero-order valence-corrected chi connectivity index (χ0v) is 10.7. The van der Waals surface area contributed by atoms with E-state index in [1.54, 1.807) is 5.51 Å². The lowest BCUT2D eigenvalue weighted by Crippen LogP contribution is -2.15. The third-order valence-corrected chi connectivity index (χ3v) is 3.90. The number of thiazole rings is 1.